The van der Waals surface area contributed by atoms with Crippen LogP contribution in [0.2, 0.25) is 0 Å². The topological polar surface area (TPSA) is 96.0 Å². The van der Waals surface area contributed by atoms with Crippen molar-refractivity contribution in [3.05, 3.63) is 0 Å². The molecule has 0 bridgehead atoms. The van der Waals surface area contributed by atoms with Crippen molar-refractivity contribution < 1.29 is 23.9 Å². The minimum atomic E-state index is -0.633. The number of nitrogens with one attached hydrogen (secondary N) is 1. The van der Waals surface area contributed by atoms with Gasteiger partial charge in [-0.25, -0.2) is 4.79 Å². The first-order chi connectivity index (χ1) is 11.6. The number of ether oxygens (including phenoxy) is 1. The van der Waals surface area contributed by atoms with E-state index in [9.17, 15) is 19.2 Å². The summed E-state index contributed by atoms with van der Waals surface area (Å²) in [5.41, 5.74) is -1.20. The first kappa shape index (κ1) is 17.7. The number of urea groups is 1. The summed E-state index contributed by atoms with van der Waals surface area (Å²) in [4.78, 5) is 51.1. The lowest BCUT2D eigenvalue weighted by Crippen LogP contribution is -2.44. The van der Waals surface area contributed by atoms with Crippen molar-refractivity contribution in [2.24, 2.45) is 11.3 Å². The van der Waals surface area contributed by atoms with Crippen LogP contribution in [0.3, 0.4) is 0 Å². The van der Waals surface area contributed by atoms with Crippen molar-refractivity contribution in [3.63, 3.8) is 0 Å². The van der Waals surface area contributed by atoms with E-state index in [0.717, 1.165) is 19.3 Å². The van der Waals surface area contributed by atoms with Gasteiger partial charge in [0.15, 0.2) is 0 Å². The lowest BCUT2D eigenvalue weighted by atomic mass is 9.80. The van der Waals surface area contributed by atoms with E-state index in [1.807, 2.05) is 20.8 Å². The molecule has 0 aromatic rings. The minimum Gasteiger partial charge on any atom is -0.459 e. The van der Waals surface area contributed by atoms with Crippen molar-refractivity contribution in [3.8, 4) is 0 Å². The molecule has 1 N–H and O–H groups in total. The standard InChI is InChI=1S/C17H25N3O5/c1-16(2,3)25-14(23)17-6-4-5-11(17)7-20(10-17)13(22)9-19-8-12(21)18-15(19)24/h11H,4-10H2,1-3H3,(H,18,21,24)/t11-,17+/m0/s1. The van der Waals surface area contributed by atoms with Gasteiger partial charge in [-0.1, -0.05) is 6.42 Å². The first-order valence-electron chi connectivity index (χ1n) is 8.71. The molecule has 8 heteroatoms. The van der Waals surface area contributed by atoms with Crippen LogP contribution in [-0.4, -0.2) is 65.4 Å². The van der Waals surface area contributed by atoms with Crippen LogP contribution in [0, 0.1) is 11.3 Å². The van der Waals surface area contributed by atoms with Crippen LogP contribution < -0.4 is 5.32 Å². The quantitative estimate of drug-likeness (QED) is 0.590. The molecule has 25 heavy (non-hydrogen) atoms. The number of esters is 1. The third-order valence-corrected chi connectivity index (χ3v) is 5.22. The number of rotatable bonds is 3. The molecule has 8 nitrogen and oxygen atoms in total. The van der Waals surface area contributed by atoms with Gasteiger partial charge in [-0.2, -0.15) is 0 Å². The second-order valence-corrected chi connectivity index (χ2v) is 8.23. The first-order valence-corrected chi connectivity index (χ1v) is 8.71. The van der Waals surface area contributed by atoms with Crippen LogP contribution in [0.15, 0.2) is 0 Å². The number of hydrogen-bond donors (Lipinski definition) is 1. The number of nitrogens with zero attached hydrogens (tertiary/aromatic N) is 2. The largest absolute Gasteiger partial charge is 0.459 e. The summed E-state index contributed by atoms with van der Waals surface area (Å²) in [6.07, 6.45) is 2.57. The molecule has 2 aliphatic heterocycles. The number of fused-ring (bicyclic) bond motifs is 1. The molecule has 1 saturated carbocycles. The second-order valence-electron chi connectivity index (χ2n) is 8.23. The molecule has 2 saturated heterocycles. The molecule has 0 spiro atoms. The van der Waals surface area contributed by atoms with E-state index in [1.165, 1.54) is 4.90 Å². The monoisotopic (exact) mass is 351 g/mol. The number of carbonyl (C=O) groups excluding carboxylic acids is 4. The van der Waals surface area contributed by atoms with Crippen molar-refractivity contribution in [2.75, 3.05) is 26.2 Å². The maximum atomic E-state index is 12.8. The Morgan fingerprint density at radius 1 is 1.32 bits per heavy atom. The molecule has 1 aliphatic carbocycles. The Morgan fingerprint density at radius 3 is 2.64 bits per heavy atom. The number of hydrogen-bond acceptors (Lipinski definition) is 5. The normalized spacial score (nSPS) is 29.0. The third-order valence-electron chi connectivity index (χ3n) is 5.22. The summed E-state index contributed by atoms with van der Waals surface area (Å²) < 4.78 is 5.62. The summed E-state index contributed by atoms with van der Waals surface area (Å²) in [6, 6.07) is -0.542. The van der Waals surface area contributed by atoms with Gasteiger partial charge in [0.25, 0.3) is 0 Å². The van der Waals surface area contributed by atoms with Crippen LogP contribution in [-0.2, 0) is 19.1 Å². The van der Waals surface area contributed by atoms with Crippen LogP contribution in [0.5, 0.6) is 0 Å². The van der Waals surface area contributed by atoms with Gasteiger partial charge < -0.3 is 14.5 Å². The predicted octanol–water partition coefficient (Wildman–Crippen LogP) is 0.509. The van der Waals surface area contributed by atoms with Gasteiger partial charge in [0.1, 0.15) is 18.7 Å². The molecule has 2 heterocycles. The number of likely N-dealkylation sites (tertiary alicyclic amines) is 1. The van der Waals surface area contributed by atoms with Gasteiger partial charge in [0.2, 0.25) is 11.8 Å². The Morgan fingerprint density at radius 2 is 2.04 bits per heavy atom. The maximum absolute atomic E-state index is 12.8. The molecule has 3 fully saturated rings. The average molecular weight is 351 g/mol. The van der Waals surface area contributed by atoms with Gasteiger partial charge in [-0.3, -0.25) is 19.7 Å². The second kappa shape index (κ2) is 6.00. The lowest BCUT2D eigenvalue weighted by molar-refractivity contribution is -0.168. The summed E-state index contributed by atoms with van der Waals surface area (Å²) in [7, 11) is 0. The Bertz CT molecular complexity index is 626. The average Bonchev–Trinajstić information content (AvgIpc) is 3.09. The zero-order valence-electron chi connectivity index (χ0n) is 15.0. The smallest absolute Gasteiger partial charge is 0.325 e. The zero-order chi connectivity index (χ0) is 18.4. The Kier molecular flexibility index (Phi) is 4.25. The Hall–Kier alpha value is -2.12. The fraction of sp³-hybridized carbons (Fsp3) is 0.765. The number of carbonyl (C=O) groups is 4. The highest BCUT2D eigenvalue weighted by molar-refractivity contribution is 6.03. The van der Waals surface area contributed by atoms with Crippen LogP contribution in [0.1, 0.15) is 40.0 Å². The summed E-state index contributed by atoms with van der Waals surface area (Å²) in [5.74, 6) is -0.768. The fourth-order valence-corrected chi connectivity index (χ4v) is 4.07. The molecular weight excluding hydrogens is 326 g/mol. The van der Waals surface area contributed by atoms with Gasteiger partial charge in [0.05, 0.1) is 5.41 Å². The molecular formula is C17H25N3O5. The Labute approximate surface area is 146 Å². The minimum absolute atomic E-state index is 0.0975. The molecule has 138 valence electrons. The van der Waals surface area contributed by atoms with Gasteiger partial charge in [-0.05, 0) is 39.5 Å². The van der Waals surface area contributed by atoms with Gasteiger partial charge in [-0.15, -0.1) is 0 Å². The fourth-order valence-electron chi connectivity index (χ4n) is 4.07. The highest BCUT2D eigenvalue weighted by Gasteiger charge is 2.57. The Balaban J connectivity index is 1.68. The van der Waals surface area contributed by atoms with E-state index in [4.69, 9.17) is 4.74 Å². The third kappa shape index (κ3) is 3.34. The zero-order valence-corrected chi connectivity index (χ0v) is 15.0. The van der Waals surface area contributed by atoms with Gasteiger partial charge in [0, 0.05) is 13.1 Å². The van der Waals surface area contributed by atoms with E-state index in [0.29, 0.717) is 13.1 Å². The van der Waals surface area contributed by atoms with Crippen molar-refractivity contribution in [1.82, 2.24) is 15.1 Å². The number of imide groups is 1. The van der Waals surface area contributed by atoms with E-state index in [-0.39, 0.29) is 30.9 Å². The van der Waals surface area contributed by atoms with Crippen LogP contribution >= 0.6 is 0 Å². The highest BCUT2D eigenvalue weighted by Crippen LogP contribution is 2.50. The maximum Gasteiger partial charge on any atom is 0.325 e. The molecule has 3 rings (SSSR count). The summed E-state index contributed by atoms with van der Waals surface area (Å²) >= 11 is 0. The molecule has 0 radical (unpaired) electrons. The van der Waals surface area contributed by atoms with Crippen molar-refractivity contribution in [2.45, 2.75) is 45.6 Å². The van der Waals surface area contributed by atoms with E-state index >= 15 is 0 Å². The van der Waals surface area contributed by atoms with Gasteiger partial charge >= 0.3 is 12.0 Å². The highest BCUT2D eigenvalue weighted by atomic mass is 16.6. The molecule has 3 aliphatic rings. The van der Waals surface area contributed by atoms with E-state index in [1.54, 1.807) is 4.90 Å². The summed E-state index contributed by atoms with van der Waals surface area (Å²) in [5, 5.41) is 2.16. The molecule has 4 amide bonds. The summed E-state index contributed by atoms with van der Waals surface area (Å²) in [6.45, 7) is 6.11. The van der Waals surface area contributed by atoms with E-state index in [2.05, 4.69) is 5.32 Å². The van der Waals surface area contributed by atoms with Crippen LogP contribution in [0.4, 0.5) is 4.79 Å². The molecule has 0 unspecified atom stereocenters. The van der Waals surface area contributed by atoms with Crippen LogP contribution in [0.25, 0.3) is 0 Å². The molecule has 0 aromatic heterocycles. The molecule has 0 aromatic carbocycles. The van der Waals surface area contributed by atoms with E-state index < -0.39 is 23.0 Å². The number of amides is 4. The predicted molar refractivity (Wildman–Crippen MR) is 87.3 cm³/mol. The van der Waals surface area contributed by atoms with Crippen molar-refractivity contribution in [1.29, 1.82) is 0 Å². The lowest BCUT2D eigenvalue weighted by Gasteiger charge is -2.31. The molecule has 2 atom stereocenters. The SMILES string of the molecule is CC(C)(C)OC(=O)[C@@]12CCC[C@H]1CN(C(=O)CN1CC(=O)NC1=O)C2. The van der Waals surface area contributed by atoms with Crippen molar-refractivity contribution >= 4 is 23.8 Å².